The van der Waals surface area contributed by atoms with E-state index in [1.807, 2.05) is 6.08 Å². The van der Waals surface area contributed by atoms with E-state index in [4.69, 9.17) is 14.2 Å². The number of hydrogen-bond acceptors (Lipinski definition) is 6. The van der Waals surface area contributed by atoms with E-state index in [-0.39, 0.29) is 31.6 Å². The summed E-state index contributed by atoms with van der Waals surface area (Å²) in [4.78, 5) is 38.3. The van der Waals surface area contributed by atoms with E-state index < -0.39 is 12.1 Å². The molecule has 0 saturated heterocycles. The maximum Gasteiger partial charge on any atom is 0.309 e. The summed E-state index contributed by atoms with van der Waals surface area (Å²) in [6.45, 7) is 6.46. The molecule has 0 rings (SSSR count). The van der Waals surface area contributed by atoms with Gasteiger partial charge < -0.3 is 14.2 Å². The molecule has 1 unspecified atom stereocenters. The third-order valence-electron chi connectivity index (χ3n) is 15.1. The Kier molecular flexibility index (Phi) is 65.7. The van der Waals surface area contributed by atoms with Crippen molar-refractivity contribution in [2.75, 3.05) is 13.2 Å². The highest BCUT2D eigenvalue weighted by Gasteiger charge is 2.19. The van der Waals surface area contributed by atoms with Gasteiger partial charge in [0, 0.05) is 12.8 Å². The van der Waals surface area contributed by atoms with Crippen LogP contribution < -0.4 is 0 Å². The first kappa shape index (κ1) is 77.3. The van der Waals surface area contributed by atoms with Gasteiger partial charge in [0.2, 0.25) is 0 Å². The lowest BCUT2D eigenvalue weighted by atomic mass is 10.0. The van der Waals surface area contributed by atoms with Crippen LogP contribution >= 0.6 is 0 Å². The monoisotopic (exact) mass is 1130 g/mol. The van der Waals surface area contributed by atoms with Gasteiger partial charge in [0.25, 0.3) is 0 Å². The molecule has 0 bridgehead atoms. The molecule has 0 spiro atoms. The van der Waals surface area contributed by atoms with Crippen molar-refractivity contribution in [1.29, 1.82) is 0 Å². The second-order valence-electron chi connectivity index (χ2n) is 23.1. The van der Waals surface area contributed by atoms with Gasteiger partial charge in [-0.2, -0.15) is 0 Å². The third-order valence-corrected chi connectivity index (χ3v) is 15.1. The van der Waals surface area contributed by atoms with E-state index in [1.54, 1.807) is 6.08 Å². The molecule has 0 aliphatic carbocycles. The summed E-state index contributed by atoms with van der Waals surface area (Å²) in [5.41, 5.74) is 0. The first-order valence-electron chi connectivity index (χ1n) is 34.7. The van der Waals surface area contributed by atoms with Crippen molar-refractivity contribution in [1.82, 2.24) is 0 Å². The van der Waals surface area contributed by atoms with Crippen LogP contribution in [0.3, 0.4) is 0 Å². The van der Waals surface area contributed by atoms with Crippen molar-refractivity contribution in [2.45, 2.75) is 348 Å². The number of esters is 3. The zero-order valence-electron chi connectivity index (χ0n) is 53.5. The number of ether oxygens (including phenoxy) is 3. The van der Waals surface area contributed by atoms with Crippen LogP contribution in [0.5, 0.6) is 0 Å². The minimum atomic E-state index is -0.820. The molecule has 0 aromatic heterocycles. The molecule has 0 aromatic carbocycles. The molecule has 1 atom stereocenters. The van der Waals surface area contributed by atoms with Crippen molar-refractivity contribution in [3.05, 3.63) is 97.2 Å². The summed E-state index contributed by atoms with van der Waals surface area (Å²) in [5.74, 6) is -1.03. The number of carbonyl (C=O) groups is 3. The van der Waals surface area contributed by atoms with Gasteiger partial charge in [-0.1, -0.05) is 317 Å². The number of hydrogen-bond donors (Lipinski definition) is 0. The maximum atomic E-state index is 12.9. The molecule has 466 valence electrons. The molecule has 0 N–H and O–H groups in total. The molecule has 0 aromatic rings. The Bertz CT molecular complexity index is 1580. The van der Waals surface area contributed by atoms with Crippen LogP contribution in [0.4, 0.5) is 0 Å². The Balaban J connectivity index is 4.31. The topological polar surface area (TPSA) is 78.9 Å². The second-order valence-corrected chi connectivity index (χ2v) is 23.1. The van der Waals surface area contributed by atoms with Crippen molar-refractivity contribution in [3.8, 4) is 0 Å². The van der Waals surface area contributed by atoms with E-state index in [2.05, 4.69) is 106 Å². The van der Waals surface area contributed by atoms with Crippen molar-refractivity contribution >= 4 is 17.9 Å². The van der Waals surface area contributed by atoms with Crippen molar-refractivity contribution in [2.24, 2.45) is 0 Å². The van der Waals surface area contributed by atoms with Crippen LogP contribution in [-0.4, -0.2) is 37.2 Å². The fourth-order valence-electron chi connectivity index (χ4n) is 9.90. The molecule has 0 aliphatic heterocycles. The summed E-state index contributed by atoms with van der Waals surface area (Å²) in [6, 6.07) is 0. The Labute approximate surface area is 502 Å². The molecule has 6 heteroatoms. The zero-order chi connectivity index (χ0) is 58.5. The van der Waals surface area contributed by atoms with E-state index in [1.165, 1.54) is 225 Å². The summed E-state index contributed by atoms with van der Waals surface area (Å²) in [5, 5.41) is 0. The SMILES string of the molecule is CC/C=C\C/C=C\C/C=C\C/C=C\C/C=C\CC(=O)OCC(COC(=O)CCCCCCCCCCCCCCCCCCC/C=C\C/C=C\CCCCCCC)OC(=O)CCCCCCCCCCC/C=C\CCCCCCCC. The van der Waals surface area contributed by atoms with Crippen molar-refractivity contribution < 1.29 is 28.6 Å². The molecule has 0 amide bonds. The van der Waals surface area contributed by atoms with E-state index in [0.29, 0.717) is 12.8 Å². The van der Waals surface area contributed by atoms with Gasteiger partial charge in [-0.05, 0) is 103 Å². The minimum absolute atomic E-state index is 0.106. The molecular weight excluding hydrogens is 997 g/mol. The smallest absolute Gasteiger partial charge is 0.309 e. The highest BCUT2D eigenvalue weighted by atomic mass is 16.6. The van der Waals surface area contributed by atoms with Gasteiger partial charge in [0.05, 0.1) is 6.42 Å². The van der Waals surface area contributed by atoms with Crippen LogP contribution in [0.25, 0.3) is 0 Å². The summed E-state index contributed by atoms with van der Waals surface area (Å²) >= 11 is 0. The van der Waals surface area contributed by atoms with Crippen LogP contribution in [0.15, 0.2) is 97.2 Å². The van der Waals surface area contributed by atoms with Gasteiger partial charge in [-0.3, -0.25) is 14.4 Å². The Hall–Kier alpha value is -3.67. The van der Waals surface area contributed by atoms with Crippen LogP contribution in [0.1, 0.15) is 342 Å². The third kappa shape index (κ3) is 67.0. The first-order chi connectivity index (χ1) is 40.0. The number of unbranched alkanes of at least 4 members (excludes halogenated alkanes) is 37. The standard InChI is InChI=1S/C75H130O6/c1-4-7-10-13-16-19-22-25-28-30-32-33-34-35-36-37-38-39-40-41-43-44-47-50-53-56-59-62-65-68-74(77)80-71-72(70-79-73(76)67-64-61-58-55-52-49-46-27-24-21-18-15-12-9-6-3)81-75(78)69-66-63-60-57-54-51-48-45-42-31-29-26-23-20-17-14-11-8-5-2/h9,12,18,21-22,25-27,29-30,32,46,52,55,61,64,72H,4-8,10-11,13-17,19-20,23-24,28,31,33-45,47-51,53-54,56-60,62-63,65-71H2,1-3H3/b12-9-,21-18-,25-22-,29-26-,32-30-,46-27-,55-52-,64-61-. The van der Waals surface area contributed by atoms with Crippen LogP contribution in [0.2, 0.25) is 0 Å². The quantitative estimate of drug-likeness (QED) is 0.0261. The van der Waals surface area contributed by atoms with Crippen molar-refractivity contribution in [3.63, 3.8) is 0 Å². The van der Waals surface area contributed by atoms with E-state index >= 15 is 0 Å². The summed E-state index contributed by atoms with van der Waals surface area (Å²) in [6.07, 6.45) is 93.2. The number of rotatable bonds is 63. The molecule has 81 heavy (non-hydrogen) atoms. The highest BCUT2D eigenvalue weighted by Crippen LogP contribution is 2.17. The summed E-state index contributed by atoms with van der Waals surface area (Å²) in [7, 11) is 0. The van der Waals surface area contributed by atoms with E-state index in [0.717, 1.165) is 77.0 Å². The summed E-state index contributed by atoms with van der Waals surface area (Å²) < 4.78 is 16.9. The molecule has 0 saturated carbocycles. The Morgan fingerprint density at radius 2 is 0.531 bits per heavy atom. The fraction of sp³-hybridized carbons (Fsp3) is 0.747. The highest BCUT2D eigenvalue weighted by molar-refractivity contribution is 5.72. The number of allylic oxidation sites excluding steroid dienone is 15. The van der Waals surface area contributed by atoms with Gasteiger partial charge in [-0.15, -0.1) is 0 Å². The largest absolute Gasteiger partial charge is 0.462 e. The molecule has 0 aliphatic rings. The van der Waals surface area contributed by atoms with Gasteiger partial charge in [0.1, 0.15) is 13.2 Å². The first-order valence-corrected chi connectivity index (χ1v) is 34.7. The van der Waals surface area contributed by atoms with Gasteiger partial charge >= 0.3 is 17.9 Å². The molecule has 0 fully saturated rings. The average Bonchev–Trinajstić information content (AvgIpc) is 3.47. The predicted molar refractivity (Wildman–Crippen MR) is 353 cm³/mol. The molecule has 0 radical (unpaired) electrons. The molecular formula is C75H130O6. The lowest BCUT2D eigenvalue weighted by Crippen LogP contribution is -2.30. The molecule has 6 nitrogen and oxygen atoms in total. The van der Waals surface area contributed by atoms with Crippen LogP contribution in [-0.2, 0) is 28.6 Å². The Morgan fingerprint density at radius 3 is 0.877 bits per heavy atom. The minimum Gasteiger partial charge on any atom is -0.462 e. The van der Waals surface area contributed by atoms with Crippen LogP contribution in [0, 0.1) is 0 Å². The Morgan fingerprint density at radius 1 is 0.272 bits per heavy atom. The lowest BCUT2D eigenvalue weighted by Gasteiger charge is -2.18. The zero-order valence-corrected chi connectivity index (χ0v) is 53.5. The predicted octanol–water partition coefficient (Wildman–Crippen LogP) is 24.0. The lowest BCUT2D eigenvalue weighted by molar-refractivity contribution is -0.166. The number of carbonyl (C=O) groups excluding carboxylic acids is 3. The van der Waals surface area contributed by atoms with Gasteiger partial charge in [0.15, 0.2) is 6.10 Å². The van der Waals surface area contributed by atoms with E-state index in [9.17, 15) is 14.4 Å². The average molecular weight is 1130 g/mol. The molecule has 0 heterocycles. The second kappa shape index (κ2) is 68.8. The maximum absolute atomic E-state index is 12.9. The van der Waals surface area contributed by atoms with Gasteiger partial charge in [-0.25, -0.2) is 0 Å². The fourth-order valence-corrected chi connectivity index (χ4v) is 9.90. The normalized spacial score (nSPS) is 12.7.